The zero-order chi connectivity index (χ0) is 24.2. The van der Waals surface area contributed by atoms with E-state index in [-0.39, 0.29) is 17.9 Å². The van der Waals surface area contributed by atoms with Gasteiger partial charge in [-0.3, -0.25) is 9.59 Å². The van der Waals surface area contributed by atoms with Crippen molar-refractivity contribution in [2.24, 2.45) is 0 Å². The van der Waals surface area contributed by atoms with E-state index >= 15 is 0 Å². The lowest BCUT2D eigenvalue weighted by Crippen LogP contribution is -2.29. The predicted octanol–water partition coefficient (Wildman–Crippen LogP) is 4.76. The number of carbonyl (C=O) groups is 2. The van der Waals surface area contributed by atoms with E-state index in [0.29, 0.717) is 17.1 Å². The molecule has 1 atom stereocenters. The zero-order valence-electron chi connectivity index (χ0n) is 19.5. The van der Waals surface area contributed by atoms with Crippen molar-refractivity contribution in [1.82, 2.24) is 4.90 Å². The number of ketones is 1. The van der Waals surface area contributed by atoms with Gasteiger partial charge in [0, 0.05) is 24.3 Å². The maximum atomic E-state index is 13.2. The van der Waals surface area contributed by atoms with E-state index in [1.54, 1.807) is 43.5 Å². The topological polar surface area (TPSA) is 83.2 Å². The van der Waals surface area contributed by atoms with Crippen LogP contribution in [-0.2, 0) is 16.1 Å². The van der Waals surface area contributed by atoms with Gasteiger partial charge in [0.05, 0.1) is 31.5 Å². The number of amides is 1. The molecule has 1 aliphatic heterocycles. The van der Waals surface area contributed by atoms with Crippen molar-refractivity contribution in [1.29, 1.82) is 0 Å². The van der Waals surface area contributed by atoms with E-state index in [0.717, 1.165) is 24.3 Å². The number of ether oxygens (including phenoxy) is 1. The molecule has 7 heteroatoms. The highest BCUT2D eigenvalue weighted by atomic mass is 16.5. The molecule has 2 heterocycles. The highest BCUT2D eigenvalue weighted by Gasteiger charge is 2.46. The van der Waals surface area contributed by atoms with Gasteiger partial charge in [0.1, 0.15) is 17.3 Å². The number of hydrogen-bond acceptors (Lipinski definition) is 6. The first kappa shape index (κ1) is 23.2. The van der Waals surface area contributed by atoms with Crippen LogP contribution in [0.2, 0.25) is 0 Å². The van der Waals surface area contributed by atoms with Crippen molar-refractivity contribution in [3.63, 3.8) is 0 Å². The Labute approximate surface area is 198 Å². The third kappa shape index (κ3) is 4.29. The van der Waals surface area contributed by atoms with Gasteiger partial charge >= 0.3 is 0 Å². The second-order valence-corrected chi connectivity index (χ2v) is 8.00. The van der Waals surface area contributed by atoms with E-state index in [4.69, 9.17) is 9.15 Å². The lowest BCUT2D eigenvalue weighted by Gasteiger charge is -2.26. The summed E-state index contributed by atoms with van der Waals surface area (Å²) < 4.78 is 10.6. The number of rotatable bonds is 8. The van der Waals surface area contributed by atoms with Crippen molar-refractivity contribution < 1.29 is 23.8 Å². The van der Waals surface area contributed by atoms with E-state index in [1.165, 1.54) is 11.2 Å². The number of benzene rings is 2. The average Bonchev–Trinajstić information content (AvgIpc) is 3.47. The van der Waals surface area contributed by atoms with Gasteiger partial charge < -0.3 is 24.1 Å². The summed E-state index contributed by atoms with van der Waals surface area (Å²) in [4.78, 5) is 29.9. The average molecular weight is 461 g/mol. The number of furan rings is 1. The van der Waals surface area contributed by atoms with E-state index in [1.807, 2.05) is 24.3 Å². The first-order valence-corrected chi connectivity index (χ1v) is 11.3. The Bertz CT molecular complexity index is 1180. The summed E-state index contributed by atoms with van der Waals surface area (Å²) in [6, 6.07) is 17.2. The highest BCUT2D eigenvalue weighted by Crippen LogP contribution is 2.41. The minimum Gasteiger partial charge on any atom is -0.507 e. The summed E-state index contributed by atoms with van der Waals surface area (Å²) in [5.74, 6) is -0.447. The molecule has 1 amide bonds. The molecule has 0 bridgehead atoms. The summed E-state index contributed by atoms with van der Waals surface area (Å²) in [7, 11) is 1.55. The van der Waals surface area contributed by atoms with Gasteiger partial charge in [-0.25, -0.2) is 0 Å². The van der Waals surface area contributed by atoms with Crippen LogP contribution < -0.4 is 9.64 Å². The molecule has 1 unspecified atom stereocenters. The van der Waals surface area contributed by atoms with Crippen LogP contribution in [0, 0.1) is 0 Å². The molecule has 0 saturated carbocycles. The maximum absolute atomic E-state index is 13.2. The van der Waals surface area contributed by atoms with E-state index in [9.17, 15) is 14.7 Å². The lowest BCUT2D eigenvalue weighted by atomic mass is 9.95. The highest BCUT2D eigenvalue weighted by molar-refractivity contribution is 6.46. The molecule has 0 aliphatic carbocycles. The molecule has 176 valence electrons. The van der Waals surface area contributed by atoms with Crippen molar-refractivity contribution in [3.05, 3.63) is 89.4 Å². The van der Waals surface area contributed by atoms with Crippen LogP contribution in [0.1, 0.15) is 36.8 Å². The fourth-order valence-electron chi connectivity index (χ4n) is 4.32. The van der Waals surface area contributed by atoms with Crippen molar-refractivity contribution in [2.45, 2.75) is 26.4 Å². The molecule has 34 heavy (non-hydrogen) atoms. The first-order chi connectivity index (χ1) is 16.5. The molecule has 1 aliphatic rings. The number of aliphatic hydroxyl groups excluding tert-OH is 1. The van der Waals surface area contributed by atoms with Gasteiger partial charge in [-0.1, -0.05) is 12.1 Å². The molecule has 1 N–H and O–H groups in total. The Balaban J connectivity index is 1.81. The number of aliphatic hydroxyl groups is 1. The molecule has 1 saturated heterocycles. The molecule has 4 rings (SSSR count). The van der Waals surface area contributed by atoms with Crippen molar-refractivity contribution >= 4 is 23.1 Å². The van der Waals surface area contributed by atoms with Crippen LogP contribution in [0.5, 0.6) is 5.75 Å². The molecule has 7 nitrogen and oxygen atoms in total. The Morgan fingerprint density at radius 1 is 1.03 bits per heavy atom. The van der Waals surface area contributed by atoms with Gasteiger partial charge in [0.2, 0.25) is 0 Å². The molecule has 1 aromatic heterocycles. The van der Waals surface area contributed by atoms with Gasteiger partial charge in [0.25, 0.3) is 11.7 Å². The van der Waals surface area contributed by atoms with Crippen LogP contribution in [0.4, 0.5) is 5.69 Å². The second kappa shape index (κ2) is 9.87. The molecule has 0 radical (unpaired) electrons. The van der Waals surface area contributed by atoms with Gasteiger partial charge in [0.15, 0.2) is 0 Å². The van der Waals surface area contributed by atoms with E-state index in [2.05, 4.69) is 18.7 Å². The first-order valence-electron chi connectivity index (χ1n) is 11.3. The summed E-state index contributed by atoms with van der Waals surface area (Å²) in [6.45, 7) is 6.02. The summed E-state index contributed by atoms with van der Waals surface area (Å²) >= 11 is 0. The largest absolute Gasteiger partial charge is 0.507 e. The monoisotopic (exact) mass is 460 g/mol. The summed E-state index contributed by atoms with van der Waals surface area (Å²) in [6.07, 6.45) is 1.52. The number of anilines is 1. The number of methoxy groups -OCH3 is 1. The van der Waals surface area contributed by atoms with Crippen molar-refractivity contribution in [3.8, 4) is 5.75 Å². The standard InChI is InChI=1S/C27H28N2O5/c1-4-28(5-2)20-12-8-18(9-13-20)24-23(25(30)19-10-14-21(33-3)15-11-19)26(31)27(32)29(24)17-22-7-6-16-34-22/h6-16,24,30H,4-5,17H2,1-3H3. The van der Waals surface area contributed by atoms with E-state index < -0.39 is 17.7 Å². The molecule has 2 aromatic carbocycles. The van der Waals surface area contributed by atoms with Gasteiger partial charge in [-0.15, -0.1) is 0 Å². The predicted molar refractivity (Wildman–Crippen MR) is 130 cm³/mol. The Morgan fingerprint density at radius 2 is 1.71 bits per heavy atom. The van der Waals surface area contributed by atoms with Crippen LogP contribution in [0.25, 0.3) is 5.76 Å². The van der Waals surface area contributed by atoms with Crippen LogP contribution >= 0.6 is 0 Å². The summed E-state index contributed by atoms with van der Waals surface area (Å²) in [5.41, 5.74) is 2.27. The smallest absolute Gasteiger partial charge is 0.296 e. The lowest BCUT2D eigenvalue weighted by molar-refractivity contribution is -0.140. The van der Waals surface area contributed by atoms with Gasteiger partial charge in [-0.05, 0) is 67.9 Å². The second-order valence-electron chi connectivity index (χ2n) is 8.00. The molecule has 0 spiro atoms. The maximum Gasteiger partial charge on any atom is 0.296 e. The fraction of sp³-hybridized carbons (Fsp3) is 0.259. The molecule has 1 fully saturated rings. The molecular weight excluding hydrogens is 432 g/mol. The van der Waals surface area contributed by atoms with Crippen molar-refractivity contribution in [2.75, 3.05) is 25.1 Å². The number of Topliss-reactive ketones (excluding diaryl/α,β-unsaturated/α-hetero) is 1. The third-order valence-electron chi connectivity index (χ3n) is 6.15. The minimum absolute atomic E-state index is 0.0531. The Morgan fingerprint density at radius 3 is 2.26 bits per heavy atom. The Hall–Kier alpha value is -4.00. The van der Waals surface area contributed by atoms with Crippen LogP contribution in [0.3, 0.4) is 0 Å². The van der Waals surface area contributed by atoms with Crippen LogP contribution in [0.15, 0.2) is 76.9 Å². The quantitative estimate of drug-likeness (QED) is 0.297. The zero-order valence-corrected chi connectivity index (χ0v) is 19.5. The van der Waals surface area contributed by atoms with Crippen LogP contribution in [-0.4, -0.2) is 41.9 Å². The normalized spacial score (nSPS) is 17.3. The summed E-state index contributed by atoms with van der Waals surface area (Å²) in [5, 5.41) is 11.2. The third-order valence-corrected chi connectivity index (χ3v) is 6.15. The number of hydrogen-bond donors (Lipinski definition) is 1. The molecular formula is C27H28N2O5. The number of nitrogens with zero attached hydrogens (tertiary/aromatic N) is 2. The molecule has 3 aromatic rings. The fourth-order valence-corrected chi connectivity index (χ4v) is 4.32. The SMILES string of the molecule is CCN(CC)c1ccc(C2C(=C(O)c3ccc(OC)cc3)C(=O)C(=O)N2Cc2ccco2)cc1. The van der Waals surface area contributed by atoms with Gasteiger partial charge in [-0.2, -0.15) is 0 Å². The Kier molecular flexibility index (Phi) is 6.72. The number of carbonyl (C=O) groups excluding carboxylic acids is 2. The number of likely N-dealkylation sites (tertiary alicyclic amines) is 1. The minimum atomic E-state index is -0.752.